The number of benzene rings is 1. The van der Waals surface area contributed by atoms with Gasteiger partial charge in [0.2, 0.25) is 5.91 Å². The van der Waals surface area contributed by atoms with Crippen LogP contribution in [0.4, 0.5) is 5.69 Å². The molecule has 1 heterocycles. The van der Waals surface area contributed by atoms with Crippen molar-refractivity contribution < 1.29 is 9.59 Å². The predicted molar refractivity (Wildman–Crippen MR) is 66.0 cm³/mol. The van der Waals surface area contributed by atoms with Gasteiger partial charge in [0.1, 0.15) is 6.29 Å². The Balaban J connectivity index is 2.03. The zero-order valence-corrected chi connectivity index (χ0v) is 9.63. The molecule has 2 N–H and O–H groups in total. The molecule has 1 aliphatic heterocycles. The van der Waals surface area contributed by atoms with Crippen LogP contribution in [0.15, 0.2) is 24.3 Å². The lowest BCUT2D eigenvalue weighted by Gasteiger charge is -2.31. The molecule has 4 heteroatoms. The van der Waals surface area contributed by atoms with Crippen molar-refractivity contribution in [2.45, 2.75) is 12.8 Å². The number of rotatable bonds is 3. The number of hydrogen-bond acceptors (Lipinski definition) is 3. The van der Waals surface area contributed by atoms with Crippen molar-refractivity contribution in [2.24, 2.45) is 11.7 Å². The molecule has 4 nitrogen and oxygen atoms in total. The number of piperidine rings is 1. The second kappa shape index (κ2) is 4.99. The van der Waals surface area contributed by atoms with Crippen LogP contribution in [0.2, 0.25) is 0 Å². The summed E-state index contributed by atoms with van der Waals surface area (Å²) in [5.74, 6) is -0.202. The highest BCUT2D eigenvalue weighted by atomic mass is 16.1. The normalized spacial score (nSPS) is 16.8. The first-order chi connectivity index (χ1) is 8.20. The zero-order valence-electron chi connectivity index (χ0n) is 9.63. The molecule has 0 aliphatic carbocycles. The van der Waals surface area contributed by atoms with E-state index < -0.39 is 5.91 Å². The molecule has 2 rings (SSSR count). The fourth-order valence-electron chi connectivity index (χ4n) is 2.13. The highest BCUT2D eigenvalue weighted by Crippen LogP contribution is 2.22. The minimum absolute atomic E-state index is 0.205. The van der Waals surface area contributed by atoms with E-state index in [0.717, 1.165) is 37.9 Å². The molecule has 0 spiro atoms. The van der Waals surface area contributed by atoms with E-state index in [1.807, 2.05) is 12.1 Å². The molecule has 17 heavy (non-hydrogen) atoms. The number of anilines is 1. The van der Waals surface area contributed by atoms with Crippen LogP contribution in [0, 0.1) is 5.92 Å². The van der Waals surface area contributed by atoms with Gasteiger partial charge in [0.05, 0.1) is 0 Å². The maximum atomic E-state index is 10.9. The Kier molecular flexibility index (Phi) is 3.42. The Bertz CT molecular complexity index is 406. The van der Waals surface area contributed by atoms with Gasteiger partial charge in [-0.1, -0.05) is 0 Å². The van der Waals surface area contributed by atoms with E-state index in [2.05, 4.69) is 4.90 Å². The van der Waals surface area contributed by atoms with Gasteiger partial charge in [0.25, 0.3) is 0 Å². The Morgan fingerprint density at radius 3 is 2.29 bits per heavy atom. The third-order valence-electron chi connectivity index (χ3n) is 3.25. The number of amides is 1. The molecule has 0 atom stereocenters. The lowest BCUT2D eigenvalue weighted by atomic mass is 9.98. The summed E-state index contributed by atoms with van der Waals surface area (Å²) < 4.78 is 0. The Morgan fingerprint density at radius 2 is 1.82 bits per heavy atom. The molecule has 0 radical (unpaired) electrons. The quantitative estimate of drug-likeness (QED) is 0.796. The molecular formula is C13H16N2O2. The van der Waals surface area contributed by atoms with E-state index in [4.69, 9.17) is 5.73 Å². The predicted octanol–water partition coefficient (Wildman–Crippen LogP) is 1.20. The highest BCUT2D eigenvalue weighted by Gasteiger charge is 2.18. The lowest BCUT2D eigenvalue weighted by Crippen LogP contribution is -2.34. The van der Waals surface area contributed by atoms with Crippen LogP contribution < -0.4 is 10.6 Å². The van der Waals surface area contributed by atoms with Gasteiger partial charge in [-0.25, -0.2) is 0 Å². The van der Waals surface area contributed by atoms with Crippen molar-refractivity contribution in [3.8, 4) is 0 Å². The van der Waals surface area contributed by atoms with Crippen molar-refractivity contribution in [1.82, 2.24) is 0 Å². The van der Waals surface area contributed by atoms with Crippen LogP contribution in [0.5, 0.6) is 0 Å². The average molecular weight is 232 g/mol. The van der Waals surface area contributed by atoms with Crippen LogP contribution in [0.25, 0.3) is 0 Å². The summed E-state index contributed by atoms with van der Waals surface area (Å²) >= 11 is 0. The number of nitrogens with zero attached hydrogens (tertiary/aromatic N) is 1. The van der Waals surface area contributed by atoms with E-state index in [1.54, 1.807) is 12.1 Å². The molecule has 0 saturated carbocycles. The summed E-state index contributed by atoms with van der Waals surface area (Å²) in [6, 6.07) is 7.29. The second-order valence-corrected chi connectivity index (χ2v) is 4.37. The largest absolute Gasteiger partial charge is 0.371 e. The third kappa shape index (κ3) is 2.64. The first kappa shape index (κ1) is 11.6. The van der Waals surface area contributed by atoms with E-state index >= 15 is 0 Å². The molecule has 1 fully saturated rings. The molecule has 0 bridgehead atoms. The highest BCUT2D eigenvalue weighted by molar-refractivity contribution is 5.93. The number of hydrogen-bond donors (Lipinski definition) is 1. The molecule has 90 valence electrons. The molecule has 0 unspecified atom stereocenters. The summed E-state index contributed by atoms with van der Waals surface area (Å²) in [4.78, 5) is 23.8. The Morgan fingerprint density at radius 1 is 1.24 bits per heavy atom. The third-order valence-corrected chi connectivity index (χ3v) is 3.25. The van der Waals surface area contributed by atoms with Crippen molar-refractivity contribution in [3.05, 3.63) is 29.8 Å². The van der Waals surface area contributed by atoms with Crippen molar-refractivity contribution >= 4 is 17.9 Å². The summed E-state index contributed by atoms with van der Waals surface area (Å²) in [7, 11) is 0. The Labute approximate surface area is 100 Å². The second-order valence-electron chi connectivity index (χ2n) is 4.37. The lowest BCUT2D eigenvalue weighted by molar-refractivity contribution is -0.111. The van der Waals surface area contributed by atoms with E-state index in [0.29, 0.717) is 5.56 Å². The molecular weight excluding hydrogens is 216 g/mol. The topological polar surface area (TPSA) is 63.4 Å². The van der Waals surface area contributed by atoms with Crippen molar-refractivity contribution in [2.75, 3.05) is 18.0 Å². The molecule has 0 aromatic heterocycles. The van der Waals surface area contributed by atoms with Crippen molar-refractivity contribution in [1.29, 1.82) is 0 Å². The SMILES string of the molecule is NC(=O)c1ccc(N2CCC(C=O)CC2)cc1. The van der Waals surface area contributed by atoms with Gasteiger partial charge in [-0.3, -0.25) is 4.79 Å². The fourth-order valence-corrected chi connectivity index (χ4v) is 2.13. The van der Waals surface area contributed by atoms with Gasteiger partial charge in [-0.15, -0.1) is 0 Å². The van der Waals surface area contributed by atoms with Crippen LogP contribution in [0.1, 0.15) is 23.2 Å². The molecule has 1 saturated heterocycles. The van der Waals surface area contributed by atoms with Crippen LogP contribution in [-0.2, 0) is 4.79 Å². The van der Waals surface area contributed by atoms with E-state index in [9.17, 15) is 9.59 Å². The van der Waals surface area contributed by atoms with Gasteiger partial charge in [0.15, 0.2) is 0 Å². The van der Waals surface area contributed by atoms with Gasteiger partial charge in [0, 0.05) is 30.3 Å². The van der Waals surface area contributed by atoms with Gasteiger partial charge in [-0.2, -0.15) is 0 Å². The average Bonchev–Trinajstić information content (AvgIpc) is 2.39. The maximum absolute atomic E-state index is 10.9. The summed E-state index contributed by atoms with van der Waals surface area (Å²) in [5, 5.41) is 0. The van der Waals surface area contributed by atoms with Gasteiger partial charge >= 0.3 is 0 Å². The van der Waals surface area contributed by atoms with Crippen LogP contribution in [-0.4, -0.2) is 25.3 Å². The monoisotopic (exact) mass is 232 g/mol. The number of carbonyl (C=O) groups excluding carboxylic acids is 2. The number of carbonyl (C=O) groups is 2. The van der Waals surface area contributed by atoms with E-state index in [-0.39, 0.29) is 5.92 Å². The van der Waals surface area contributed by atoms with Gasteiger partial charge in [-0.05, 0) is 37.1 Å². The zero-order chi connectivity index (χ0) is 12.3. The number of nitrogens with two attached hydrogens (primary N) is 1. The van der Waals surface area contributed by atoms with Crippen LogP contribution >= 0.6 is 0 Å². The first-order valence-electron chi connectivity index (χ1n) is 5.81. The molecule has 1 aliphatic rings. The van der Waals surface area contributed by atoms with E-state index in [1.165, 1.54) is 0 Å². The maximum Gasteiger partial charge on any atom is 0.248 e. The van der Waals surface area contributed by atoms with Crippen LogP contribution in [0.3, 0.4) is 0 Å². The smallest absolute Gasteiger partial charge is 0.248 e. The summed E-state index contributed by atoms with van der Waals surface area (Å²) in [6.45, 7) is 1.78. The van der Waals surface area contributed by atoms with Gasteiger partial charge < -0.3 is 15.4 Å². The molecule has 1 aromatic rings. The minimum Gasteiger partial charge on any atom is -0.371 e. The summed E-state index contributed by atoms with van der Waals surface area (Å²) in [5.41, 5.74) is 6.79. The van der Waals surface area contributed by atoms with Crippen molar-refractivity contribution in [3.63, 3.8) is 0 Å². The molecule has 1 amide bonds. The number of primary amides is 1. The number of aldehydes is 1. The summed E-state index contributed by atoms with van der Waals surface area (Å²) in [6.07, 6.45) is 2.86. The Hall–Kier alpha value is -1.84. The fraction of sp³-hybridized carbons (Fsp3) is 0.385. The minimum atomic E-state index is -0.406. The molecule has 1 aromatic carbocycles. The standard InChI is InChI=1S/C13H16N2O2/c14-13(17)11-1-3-12(4-2-11)15-7-5-10(9-16)6-8-15/h1-4,9-10H,5-8H2,(H2,14,17). The first-order valence-corrected chi connectivity index (χ1v) is 5.81.